The standard InChI is InChI=1S/C20H18N2O4/c23-18(16-7-3-9-21-16)12-26-20(24)14-11-17(19-8-4-10-25-19)22-15-6-2-1-5-13(14)15/h1-2,4-6,8,10-11,16,21H,3,7,9,12H2. The van der Waals surface area contributed by atoms with Crippen LogP contribution in [0.15, 0.2) is 53.1 Å². The van der Waals surface area contributed by atoms with Crippen LogP contribution in [0.1, 0.15) is 23.2 Å². The van der Waals surface area contributed by atoms with E-state index < -0.39 is 5.97 Å². The first-order valence-electron chi connectivity index (χ1n) is 8.59. The Labute approximate surface area is 150 Å². The molecule has 1 aliphatic rings. The summed E-state index contributed by atoms with van der Waals surface area (Å²) >= 11 is 0. The Balaban J connectivity index is 1.61. The number of Topliss-reactive ketones (excluding diaryl/α,β-unsaturated/α-hetero) is 1. The average molecular weight is 350 g/mol. The zero-order chi connectivity index (χ0) is 17.9. The first-order chi connectivity index (χ1) is 12.7. The highest BCUT2D eigenvalue weighted by Gasteiger charge is 2.24. The van der Waals surface area contributed by atoms with Crippen molar-refractivity contribution in [1.82, 2.24) is 10.3 Å². The molecule has 1 atom stereocenters. The number of esters is 1. The van der Waals surface area contributed by atoms with E-state index in [0.29, 0.717) is 27.9 Å². The molecule has 0 saturated carbocycles. The normalized spacial score (nSPS) is 16.7. The van der Waals surface area contributed by atoms with Crippen LogP contribution in [0.4, 0.5) is 0 Å². The van der Waals surface area contributed by atoms with Gasteiger partial charge in [0, 0.05) is 5.39 Å². The molecule has 0 radical (unpaired) electrons. The molecule has 1 N–H and O–H groups in total. The van der Waals surface area contributed by atoms with Gasteiger partial charge in [-0.1, -0.05) is 18.2 Å². The Morgan fingerprint density at radius 3 is 2.88 bits per heavy atom. The van der Waals surface area contributed by atoms with Gasteiger partial charge in [-0.05, 0) is 43.7 Å². The molecule has 3 heterocycles. The highest BCUT2D eigenvalue weighted by atomic mass is 16.5. The first kappa shape index (κ1) is 16.5. The molecular weight excluding hydrogens is 332 g/mol. The number of furan rings is 1. The summed E-state index contributed by atoms with van der Waals surface area (Å²) in [6.07, 6.45) is 3.31. The number of ether oxygens (including phenoxy) is 1. The number of rotatable bonds is 5. The van der Waals surface area contributed by atoms with Gasteiger partial charge in [0.1, 0.15) is 5.69 Å². The van der Waals surface area contributed by atoms with Crippen LogP contribution in [0.5, 0.6) is 0 Å². The number of carbonyl (C=O) groups is 2. The lowest BCUT2D eigenvalue weighted by molar-refractivity contribution is -0.123. The number of fused-ring (bicyclic) bond motifs is 1. The molecule has 3 aromatic rings. The van der Waals surface area contributed by atoms with Crippen LogP contribution in [-0.4, -0.2) is 35.9 Å². The minimum atomic E-state index is -0.539. The van der Waals surface area contributed by atoms with Crippen molar-refractivity contribution in [2.45, 2.75) is 18.9 Å². The maximum atomic E-state index is 12.6. The summed E-state index contributed by atoms with van der Waals surface area (Å²) in [6.45, 7) is 0.592. The Bertz CT molecular complexity index is 944. The molecule has 6 nitrogen and oxygen atoms in total. The lowest BCUT2D eigenvalue weighted by Gasteiger charge is -2.11. The van der Waals surface area contributed by atoms with Gasteiger partial charge in [0.25, 0.3) is 0 Å². The molecule has 1 fully saturated rings. The van der Waals surface area contributed by atoms with Crippen molar-refractivity contribution in [3.63, 3.8) is 0 Å². The van der Waals surface area contributed by atoms with Gasteiger partial charge in [0.15, 0.2) is 18.2 Å². The highest BCUT2D eigenvalue weighted by molar-refractivity contribution is 6.05. The number of hydrogen-bond acceptors (Lipinski definition) is 6. The molecule has 1 unspecified atom stereocenters. The molecule has 2 aromatic heterocycles. The van der Waals surface area contributed by atoms with E-state index in [4.69, 9.17) is 9.15 Å². The third kappa shape index (κ3) is 3.23. The fourth-order valence-electron chi connectivity index (χ4n) is 3.17. The van der Waals surface area contributed by atoms with Crippen LogP contribution < -0.4 is 5.32 Å². The quantitative estimate of drug-likeness (QED) is 0.713. The number of aromatic nitrogens is 1. The number of hydrogen-bond donors (Lipinski definition) is 1. The summed E-state index contributed by atoms with van der Waals surface area (Å²) < 4.78 is 10.7. The van der Waals surface area contributed by atoms with Crippen LogP contribution in [0.25, 0.3) is 22.4 Å². The molecule has 4 rings (SSSR count). The topological polar surface area (TPSA) is 81.4 Å². The maximum absolute atomic E-state index is 12.6. The Morgan fingerprint density at radius 2 is 2.12 bits per heavy atom. The summed E-state index contributed by atoms with van der Waals surface area (Å²) in [7, 11) is 0. The molecule has 6 heteroatoms. The average Bonchev–Trinajstić information content (AvgIpc) is 3.38. The molecule has 1 saturated heterocycles. The largest absolute Gasteiger partial charge is 0.463 e. The second kappa shape index (κ2) is 7.09. The summed E-state index contributed by atoms with van der Waals surface area (Å²) in [5.74, 6) is -0.0701. The monoisotopic (exact) mass is 350 g/mol. The molecule has 0 aliphatic carbocycles. The number of nitrogens with one attached hydrogen (secondary N) is 1. The fourth-order valence-corrected chi connectivity index (χ4v) is 3.17. The van der Waals surface area contributed by atoms with E-state index in [1.54, 1.807) is 24.5 Å². The predicted octanol–water partition coefficient (Wildman–Crippen LogP) is 2.97. The van der Waals surface area contributed by atoms with E-state index in [1.165, 1.54) is 0 Å². The number of para-hydroxylation sites is 1. The van der Waals surface area contributed by atoms with Crippen molar-refractivity contribution in [2.75, 3.05) is 13.2 Å². The van der Waals surface area contributed by atoms with Gasteiger partial charge in [-0.2, -0.15) is 0 Å². The van der Waals surface area contributed by atoms with E-state index in [1.807, 2.05) is 24.3 Å². The summed E-state index contributed by atoms with van der Waals surface area (Å²) in [5.41, 5.74) is 1.58. The SMILES string of the molecule is O=C(OCC(=O)C1CCCN1)c1cc(-c2ccco2)nc2ccccc12. The smallest absolute Gasteiger partial charge is 0.339 e. The zero-order valence-electron chi connectivity index (χ0n) is 14.1. The minimum absolute atomic E-state index is 0.0968. The second-order valence-electron chi connectivity index (χ2n) is 6.24. The van der Waals surface area contributed by atoms with Gasteiger partial charge in [-0.15, -0.1) is 0 Å². The first-order valence-corrected chi connectivity index (χ1v) is 8.59. The van der Waals surface area contributed by atoms with Crippen molar-refractivity contribution in [2.24, 2.45) is 0 Å². The summed E-state index contributed by atoms with van der Waals surface area (Å²) in [4.78, 5) is 29.3. The van der Waals surface area contributed by atoms with Crippen LogP contribution >= 0.6 is 0 Å². The second-order valence-corrected chi connectivity index (χ2v) is 6.24. The maximum Gasteiger partial charge on any atom is 0.339 e. The zero-order valence-corrected chi connectivity index (χ0v) is 14.1. The summed E-state index contributed by atoms with van der Waals surface area (Å²) in [5, 5.41) is 3.79. The van der Waals surface area contributed by atoms with Crippen LogP contribution in [-0.2, 0) is 9.53 Å². The number of pyridine rings is 1. The molecule has 1 aliphatic heterocycles. The van der Waals surface area contributed by atoms with Gasteiger partial charge < -0.3 is 14.5 Å². The molecule has 0 bridgehead atoms. The van der Waals surface area contributed by atoms with E-state index >= 15 is 0 Å². The lowest BCUT2D eigenvalue weighted by atomic mass is 10.1. The number of nitrogens with zero attached hydrogens (tertiary/aromatic N) is 1. The van der Waals surface area contributed by atoms with Crippen molar-refractivity contribution in [3.8, 4) is 11.5 Å². The van der Waals surface area contributed by atoms with Gasteiger partial charge in [0.05, 0.1) is 23.4 Å². The molecule has 1 aromatic carbocycles. The summed E-state index contributed by atoms with van der Waals surface area (Å²) in [6, 6.07) is 12.3. The Morgan fingerprint density at radius 1 is 1.23 bits per heavy atom. The Hall–Kier alpha value is -2.99. The van der Waals surface area contributed by atoms with Gasteiger partial charge >= 0.3 is 5.97 Å². The third-order valence-electron chi connectivity index (χ3n) is 4.50. The van der Waals surface area contributed by atoms with Crippen LogP contribution in [0.3, 0.4) is 0 Å². The van der Waals surface area contributed by atoms with E-state index in [-0.39, 0.29) is 18.4 Å². The minimum Gasteiger partial charge on any atom is -0.463 e. The van der Waals surface area contributed by atoms with Crippen molar-refractivity contribution >= 4 is 22.7 Å². The van der Waals surface area contributed by atoms with Crippen molar-refractivity contribution in [1.29, 1.82) is 0 Å². The molecular formula is C20H18N2O4. The molecule has 0 amide bonds. The van der Waals surface area contributed by atoms with Crippen LogP contribution in [0, 0.1) is 0 Å². The van der Waals surface area contributed by atoms with Crippen molar-refractivity contribution in [3.05, 3.63) is 54.3 Å². The van der Waals surface area contributed by atoms with Gasteiger partial charge in [0.2, 0.25) is 0 Å². The fraction of sp³-hybridized carbons (Fsp3) is 0.250. The van der Waals surface area contributed by atoms with Gasteiger partial charge in [-0.25, -0.2) is 9.78 Å². The van der Waals surface area contributed by atoms with Gasteiger partial charge in [-0.3, -0.25) is 4.79 Å². The molecule has 0 spiro atoms. The third-order valence-corrected chi connectivity index (χ3v) is 4.50. The van der Waals surface area contributed by atoms with E-state index in [0.717, 1.165) is 19.4 Å². The molecule has 26 heavy (non-hydrogen) atoms. The number of carbonyl (C=O) groups excluding carboxylic acids is 2. The van der Waals surface area contributed by atoms with E-state index in [9.17, 15) is 9.59 Å². The number of ketones is 1. The Kier molecular flexibility index (Phi) is 4.50. The van der Waals surface area contributed by atoms with E-state index in [2.05, 4.69) is 10.3 Å². The number of benzene rings is 1. The van der Waals surface area contributed by atoms with Crippen LogP contribution in [0.2, 0.25) is 0 Å². The highest BCUT2D eigenvalue weighted by Crippen LogP contribution is 2.25. The molecule has 132 valence electrons. The van der Waals surface area contributed by atoms with Crippen molar-refractivity contribution < 1.29 is 18.7 Å². The predicted molar refractivity (Wildman–Crippen MR) is 95.8 cm³/mol. The lowest BCUT2D eigenvalue weighted by Crippen LogP contribution is -2.34.